The molecule has 180 valence electrons. The van der Waals surface area contributed by atoms with Gasteiger partial charge < -0.3 is 4.42 Å². The van der Waals surface area contributed by atoms with E-state index in [1.54, 1.807) is 18.2 Å². The molecule has 0 bridgehead atoms. The topological polar surface area (TPSA) is 135 Å². The number of furan rings is 1. The average molecular weight is 500 g/mol. The predicted octanol–water partition coefficient (Wildman–Crippen LogP) is 6.10. The maximum atomic E-state index is 12.7. The van der Waals surface area contributed by atoms with Crippen LogP contribution >= 0.6 is 11.3 Å². The molecular formula is C26H21N5O4S. The van der Waals surface area contributed by atoms with Gasteiger partial charge in [-0.2, -0.15) is 5.26 Å². The summed E-state index contributed by atoms with van der Waals surface area (Å²) in [6.07, 6.45) is 2.13. The lowest BCUT2D eigenvalue weighted by atomic mass is 9.97. The molecule has 10 heteroatoms. The van der Waals surface area contributed by atoms with Crippen molar-refractivity contribution in [1.82, 2.24) is 10.2 Å². The molecule has 0 spiro atoms. The van der Waals surface area contributed by atoms with Crippen molar-refractivity contribution in [3.63, 3.8) is 0 Å². The molecule has 1 amide bonds. The molecule has 0 aliphatic heterocycles. The van der Waals surface area contributed by atoms with Gasteiger partial charge in [0.15, 0.2) is 0 Å². The van der Waals surface area contributed by atoms with Gasteiger partial charge in [0.05, 0.1) is 4.92 Å². The van der Waals surface area contributed by atoms with E-state index in [0.717, 1.165) is 22.6 Å². The van der Waals surface area contributed by atoms with Gasteiger partial charge in [0.1, 0.15) is 28.2 Å². The first kappa shape index (κ1) is 24.5. The molecule has 4 rings (SSSR count). The van der Waals surface area contributed by atoms with Crippen molar-refractivity contribution >= 4 is 34.1 Å². The normalized spacial score (nSPS) is 12.1. The smallest absolute Gasteiger partial charge is 0.270 e. The largest absolute Gasteiger partial charge is 0.457 e. The third kappa shape index (κ3) is 5.37. The Kier molecular flexibility index (Phi) is 7.32. The molecule has 0 radical (unpaired) electrons. The Morgan fingerprint density at radius 2 is 2.00 bits per heavy atom. The third-order valence-electron chi connectivity index (χ3n) is 5.55. The van der Waals surface area contributed by atoms with Crippen LogP contribution in [0.5, 0.6) is 0 Å². The number of rotatable bonds is 8. The number of nitrogens with one attached hydrogen (secondary N) is 1. The minimum atomic E-state index is -0.641. The second-order valence-electron chi connectivity index (χ2n) is 7.90. The van der Waals surface area contributed by atoms with E-state index in [4.69, 9.17) is 4.42 Å². The molecular weight excluding hydrogens is 478 g/mol. The summed E-state index contributed by atoms with van der Waals surface area (Å²) in [5.41, 5.74) is 2.21. The van der Waals surface area contributed by atoms with Crippen LogP contribution < -0.4 is 5.32 Å². The summed E-state index contributed by atoms with van der Waals surface area (Å²) >= 11 is 1.26. The van der Waals surface area contributed by atoms with Crippen LogP contribution in [0.4, 0.5) is 10.8 Å². The fourth-order valence-electron chi connectivity index (χ4n) is 3.68. The molecule has 0 saturated carbocycles. The van der Waals surface area contributed by atoms with Gasteiger partial charge in [-0.15, -0.1) is 10.2 Å². The van der Waals surface area contributed by atoms with Crippen molar-refractivity contribution in [2.24, 2.45) is 0 Å². The second kappa shape index (κ2) is 10.8. The molecule has 0 aliphatic carbocycles. The van der Waals surface area contributed by atoms with Gasteiger partial charge in [0, 0.05) is 29.7 Å². The van der Waals surface area contributed by atoms with Crippen LogP contribution in [0.25, 0.3) is 17.4 Å². The molecule has 1 N–H and O–H groups in total. The zero-order valence-corrected chi connectivity index (χ0v) is 20.3. The molecule has 0 aliphatic rings. The predicted molar refractivity (Wildman–Crippen MR) is 136 cm³/mol. The summed E-state index contributed by atoms with van der Waals surface area (Å²) in [4.78, 5) is 23.4. The number of non-ortho nitro benzene ring substituents is 1. The number of carbonyl (C=O) groups excluding carboxylic acids is 1. The second-order valence-corrected chi connectivity index (χ2v) is 8.91. The Morgan fingerprint density at radius 1 is 1.22 bits per heavy atom. The van der Waals surface area contributed by atoms with Gasteiger partial charge in [-0.25, -0.2) is 0 Å². The van der Waals surface area contributed by atoms with Gasteiger partial charge in [-0.1, -0.05) is 54.7 Å². The quantitative estimate of drug-likeness (QED) is 0.134. The number of nitrogens with zero attached hydrogens (tertiary/aromatic N) is 4. The third-order valence-corrected chi connectivity index (χ3v) is 6.50. The number of nitro benzene ring substituents is 1. The van der Waals surface area contributed by atoms with Crippen LogP contribution in [-0.4, -0.2) is 21.0 Å². The molecule has 4 aromatic rings. The Balaban J connectivity index is 1.51. The highest BCUT2D eigenvalue weighted by molar-refractivity contribution is 7.15. The van der Waals surface area contributed by atoms with Gasteiger partial charge in [0.25, 0.3) is 11.6 Å². The minimum absolute atomic E-state index is 0.0548. The van der Waals surface area contributed by atoms with Crippen molar-refractivity contribution in [2.75, 3.05) is 5.32 Å². The van der Waals surface area contributed by atoms with Crippen LogP contribution in [-0.2, 0) is 4.79 Å². The molecule has 0 fully saturated rings. The fourth-order valence-corrected chi connectivity index (χ4v) is 4.63. The first-order valence-electron chi connectivity index (χ1n) is 11.1. The van der Waals surface area contributed by atoms with Crippen molar-refractivity contribution < 1.29 is 14.1 Å². The first-order chi connectivity index (χ1) is 17.4. The molecule has 0 saturated heterocycles. The number of anilines is 1. The summed E-state index contributed by atoms with van der Waals surface area (Å²) in [5.74, 6) is 0.0627. The van der Waals surface area contributed by atoms with Crippen molar-refractivity contribution in [3.8, 4) is 17.4 Å². The number of carbonyl (C=O) groups is 1. The lowest BCUT2D eigenvalue weighted by molar-refractivity contribution is -0.384. The van der Waals surface area contributed by atoms with E-state index in [1.807, 2.05) is 43.3 Å². The summed E-state index contributed by atoms with van der Waals surface area (Å²) in [6, 6.07) is 19.5. The van der Waals surface area contributed by atoms with Crippen LogP contribution in [0.3, 0.4) is 0 Å². The van der Waals surface area contributed by atoms with E-state index in [0.29, 0.717) is 11.3 Å². The fraction of sp³-hybridized carbons (Fsp3) is 0.154. The van der Waals surface area contributed by atoms with E-state index in [-0.39, 0.29) is 28.1 Å². The molecule has 1 atom stereocenters. The number of hydrogen-bond acceptors (Lipinski definition) is 8. The highest BCUT2D eigenvalue weighted by atomic mass is 32.1. The number of aromatic nitrogens is 2. The first-order valence-corrected chi connectivity index (χ1v) is 11.9. The standard InChI is InChI=1S/C26H21N5O4S/c1-3-21(17-7-5-4-6-8-17)25-29-30-26(36-25)28-24(32)18(15-27)13-20-11-12-23(35-20)22-14-19(31(33)34)10-9-16(22)2/h4-14,21H,3H2,1-2H3,(H,28,30,32)/b18-13-. The molecule has 36 heavy (non-hydrogen) atoms. The van der Waals surface area contributed by atoms with E-state index in [1.165, 1.54) is 29.5 Å². The number of aryl methyl sites for hydroxylation is 1. The number of hydrogen-bond donors (Lipinski definition) is 1. The SMILES string of the molecule is CCC(c1ccccc1)c1nnc(NC(=O)/C(C#N)=C\c2ccc(-c3cc([N+](=O)[O-])ccc3C)o2)s1. The monoisotopic (exact) mass is 499 g/mol. The maximum Gasteiger partial charge on any atom is 0.270 e. The van der Waals surface area contributed by atoms with Crippen molar-refractivity contribution in [3.05, 3.63) is 98.2 Å². The van der Waals surface area contributed by atoms with Crippen LogP contribution in [0.15, 0.2) is 70.7 Å². The zero-order valence-electron chi connectivity index (χ0n) is 19.5. The van der Waals surface area contributed by atoms with Crippen molar-refractivity contribution in [2.45, 2.75) is 26.2 Å². The average Bonchev–Trinajstić information content (AvgIpc) is 3.53. The van der Waals surface area contributed by atoms with E-state index in [9.17, 15) is 20.2 Å². The van der Waals surface area contributed by atoms with Crippen LogP contribution in [0, 0.1) is 28.4 Å². The molecule has 9 nitrogen and oxygen atoms in total. The highest BCUT2D eigenvalue weighted by Crippen LogP contribution is 2.32. The number of amides is 1. The van der Waals surface area contributed by atoms with Gasteiger partial charge >= 0.3 is 0 Å². The van der Waals surface area contributed by atoms with E-state index in [2.05, 4.69) is 22.4 Å². The number of benzene rings is 2. The van der Waals surface area contributed by atoms with E-state index >= 15 is 0 Å². The number of nitro groups is 1. The van der Waals surface area contributed by atoms with Crippen LogP contribution in [0.1, 0.15) is 41.2 Å². The zero-order chi connectivity index (χ0) is 25.7. The summed E-state index contributed by atoms with van der Waals surface area (Å²) in [5, 5.41) is 32.7. The van der Waals surface area contributed by atoms with Gasteiger partial charge in [-0.3, -0.25) is 20.2 Å². The minimum Gasteiger partial charge on any atom is -0.457 e. The molecule has 2 aromatic heterocycles. The van der Waals surface area contributed by atoms with Gasteiger partial charge in [0.2, 0.25) is 5.13 Å². The summed E-state index contributed by atoms with van der Waals surface area (Å²) in [7, 11) is 0. The molecule has 2 heterocycles. The van der Waals surface area contributed by atoms with Crippen molar-refractivity contribution in [1.29, 1.82) is 5.26 Å². The number of nitriles is 1. The summed E-state index contributed by atoms with van der Waals surface area (Å²) < 4.78 is 5.76. The van der Waals surface area contributed by atoms with E-state index < -0.39 is 10.8 Å². The summed E-state index contributed by atoms with van der Waals surface area (Å²) in [6.45, 7) is 3.86. The Bertz CT molecular complexity index is 1480. The Morgan fingerprint density at radius 3 is 2.69 bits per heavy atom. The maximum absolute atomic E-state index is 12.7. The highest BCUT2D eigenvalue weighted by Gasteiger charge is 2.20. The molecule has 2 aromatic carbocycles. The van der Waals surface area contributed by atoms with Crippen LogP contribution in [0.2, 0.25) is 0 Å². The Labute approximate surface area is 210 Å². The lowest BCUT2D eigenvalue weighted by Crippen LogP contribution is -2.13. The molecule has 1 unspecified atom stereocenters. The Hall–Kier alpha value is -4.62. The lowest BCUT2D eigenvalue weighted by Gasteiger charge is -2.10. The van der Waals surface area contributed by atoms with Gasteiger partial charge in [-0.05, 0) is 36.6 Å².